The standard InChI is InChI=1S/C12H21N3/c1-10(12(2,3)4)13-7-6-11-14-8-9-15(11)5/h8-9,13H,1,6-7H2,2-5H3. The van der Waals surface area contributed by atoms with Crippen molar-refractivity contribution in [1.29, 1.82) is 0 Å². The summed E-state index contributed by atoms with van der Waals surface area (Å²) in [5, 5.41) is 3.34. The third-order valence-corrected chi connectivity index (χ3v) is 2.51. The second-order valence-electron chi connectivity index (χ2n) is 4.86. The quantitative estimate of drug-likeness (QED) is 0.819. The molecule has 0 aliphatic rings. The Morgan fingerprint density at radius 1 is 1.53 bits per heavy atom. The number of hydrogen-bond acceptors (Lipinski definition) is 2. The molecule has 1 N–H and O–H groups in total. The van der Waals surface area contributed by atoms with Gasteiger partial charge in [0.15, 0.2) is 0 Å². The molecule has 84 valence electrons. The molecule has 3 nitrogen and oxygen atoms in total. The first-order valence-corrected chi connectivity index (χ1v) is 5.30. The highest BCUT2D eigenvalue weighted by Crippen LogP contribution is 2.20. The van der Waals surface area contributed by atoms with Crippen molar-refractivity contribution in [3.63, 3.8) is 0 Å². The summed E-state index contributed by atoms with van der Waals surface area (Å²) < 4.78 is 2.04. The number of nitrogens with zero attached hydrogens (tertiary/aromatic N) is 2. The molecular weight excluding hydrogens is 186 g/mol. The summed E-state index contributed by atoms with van der Waals surface area (Å²) in [4.78, 5) is 4.27. The van der Waals surface area contributed by atoms with Gasteiger partial charge in [-0.3, -0.25) is 0 Å². The molecule has 0 fully saturated rings. The molecule has 0 saturated carbocycles. The molecule has 0 bridgehead atoms. The summed E-state index contributed by atoms with van der Waals surface area (Å²) in [7, 11) is 2.01. The van der Waals surface area contributed by atoms with Gasteiger partial charge >= 0.3 is 0 Å². The normalized spacial score (nSPS) is 11.5. The predicted molar refractivity (Wildman–Crippen MR) is 63.5 cm³/mol. The van der Waals surface area contributed by atoms with Crippen molar-refractivity contribution < 1.29 is 0 Å². The lowest BCUT2D eigenvalue weighted by Crippen LogP contribution is -2.25. The van der Waals surface area contributed by atoms with E-state index in [1.807, 2.05) is 24.0 Å². The highest BCUT2D eigenvalue weighted by Gasteiger charge is 2.14. The van der Waals surface area contributed by atoms with Gasteiger partial charge in [-0.05, 0) is 0 Å². The van der Waals surface area contributed by atoms with E-state index in [-0.39, 0.29) is 5.41 Å². The Kier molecular flexibility index (Phi) is 3.56. The van der Waals surface area contributed by atoms with Gasteiger partial charge in [-0.1, -0.05) is 27.4 Å². The molecule has 15 heavy (non-hydrogen) atoms. The zero-order valence-electron chi connectivity index (χ0n) is 10.2. The van der Waals surface area contributed by atoms with Crippen LogP contribution >= 0.6 is 0 Å². The van der Waals surface area contributed by atoms with E-state index >= 15 is 0 Å². The number of rotatable bonds is 4. The average Bonchev–Trinajstić information content (AvgIpc) is 2.50. The maximum atomic E-state index is 4.27. The fourth-order valence-electron chi connectivity index (χ4n) is 1.23. The van der Waals surface area contributed by atoms with E-state index in [1.165, 1.54) is 0 Å². The molecule has 0 radical (unpaired) electrons. The van der Waals surface area contributed by atoms with Crippen LogP contribution in [0.25, 0.3) is 0 Å². The first kappa shape index (κ1) is 11.8. The average molecular weight is 207 g/mol. The number of hydrogen-bond donors (Lipinski definition) is 1. The highest BCUT2D eigenvalue weighted by molar-refractivity contribution is 5.03. The van der Waals surface area contributed by atoms with E-state index < -0.39 is 0 Å². The number of nitrogens with one attached hydrogen (secondary N) is 1. The highest BCUT2D eigenvalue weighted by atomic mass is 15.0. The van der Waals surface area contributed by atoms with Gasteiger partial charge in [0.1, 0.15) is 5.82 Å². The van der Waals surface area contributed by atoms with Gasteiger partial charge in [0.25, 0.3) is 0 Å². The first-order valence-electron chi connectivity index (χ1n) is 5.30. The van der Waals surface area contributed by atoms with Crippen LogP contribution in [-0.4, -0.2) is 16.1 Å². The van der Waals surface area contributed by atoms with Crippen molar-refractivity contribution in [3.8, 4) is 0 Å². The summed E-state index contributed by atoms with van der Waals surface area (Å²) in [6, 6.07) is 0. The van der Waals surface area contributed by atoms with Gasteiger partial charge in [-0.15, -0.1) is 0 Å². The van der Waals surface area contributed by atoms with Crippen molar-refractivity contribution in [3.05, 3.63) is 30.5 Å². The largest absolute Gasteiger partial charge is 0.388 e. The Labute approximate surface area is 92.2 Å². The van der Waals surface area contributed by atoms with E-state index in [0.29, 0.717) is 0 Å². The van der Waals surface area contributed by atoms with Crippen LogP contribution in [0.3, 0.4) is 0 Å². The fraction of sp³-hybridized carbons (Fsp3) is 0.583. The van der Waals surface area contributed by atoms with Gasteiger partial charge in [-0.25, -0.2) is 4.98 Å². The molecule has 0 aliphatic heterocycles. The Hall–Kier alpha value is -1.25. The van der Waals surface area contributed by atoms with Crippen LogP contribution in [0, 0.1) is 5.41 Å². The van der Waals surface area contributed by atoms with Crippen LogP contribution in [0.15, 0.2) is 24.7 Å². The third kappa shape index (κ3) is 3.42. The lowest BCUT2D eigenvalue weighted by molar-refractivity contribution is 0.461. The minimum Gasteiger partial charge on any atom is -0.388 e. The molecule has 3 heteroatoms. The van der Waals surface area contributed by atoms with Gasteiger partial charge in [0, 0.05) is 43.5 Å². The Bertz CT molecular complexity index is 331. The Morgan fingerprint density at radius 3 is 2.67 bits per heavy atom. The topological polar surface area (TPSA) is 29.9 Å². The minimum atomic E-state index is 0.127. The molecule has 0 atom stereocenters. The Morgan fingerprint density at radius 2 is 2.20 bits per heavy atom. The second kappa shape index (κ2) is 4.51. The molecule has 0 aromatic carbocycles. The maximum absolute atomic E-state index is 4.27. The van der Waals surface area contributed by atoms with E-state index in [9.17, 15) is 0 Å². The van der Waals surface area contributed by atoms with Crippen molar-refractivity contribution in [2.75, 3.05) is 6.54 Å². The van der Waals surface area contributed by atoms with Gasteiger partial charge in [0.2, 0.25) is 0 Å². The molecule has 1 aromatic heterocycles. The molecule has 0 saturated heterocycles. The van der Waals surface area contributed by atoms with Crippen LogP contribution in [0.1, 0.15) is 26.6 Å². The monoisotopic (exact) mass is 207 g/mol. The zero-order chi connectivity index (χ0) is 11.5. The van der Waals surface area contributed by atoms with Crippen molar-refractivity contribution >= 4 is 0 Å². The smallest absolute Gasteiger partial charge is 0.110 e. The van der Waals surface area contributed by atoms with Crippen molar-refractivity contribution in [1.82, 2.24) is 14.9 Å². The second-order valence-corrected chi connectivity index (χ2v) is 4.86. The van der Waals surface area contributed by atoms with Crippen LogP contribution in [0.5, 0.6) is 0 Å². The lowest BCUT2D eigenvalue weighted by Gasteiger charge is -2.23. The van der Waals surface area contributed by atoms with Crippen LogP contribution in [0.4, 0.5) is 0 Å². The molecule has 1 rings (SSSR count). The molecule has 1 heterocycles. The number of aromatic nitrogens is 2. The van der Waals surface area contributed by atoms with E-state index in [2.05, 4.69) is 37.7 Å². The minimum absolute atomic E-state index is 0.127. The fourth-order valence-corrected chi connectivity index (χ4v) is 1.23. The lowest BCUT2D eigenvalue weighted by atomic mass is 9.93. The molecule has 0 unspecified atom stereocenters. The molecule has 0 amide bonds. The molecule has 0 aliphatic carbocycles. The van der Waals surface area contributed by atoms with Crippen LogP contribution in [0.2, 0.25) is 0 Å². The zero-order valence-corrected chi connectivity index (χ0v) is 10.2. The van der Waals surface area contributed by atoms with E-state index in [0.717, 1.165) is 24.5 Å². The summed E-state index contributed by atoms with van der Waals surface area (Å²) in [6.45, 7) is 11.4. The van der Waals surface area contributed by atoms with Crippen molar-refractivity contribution in [2.24, 2.45) is 12.5 Å². The van der Waals surface area contributed by atoms with E-state index in [1.54, 1.807) is 0 Å². The predicted octanol–water partition coefficient (Wildman–Crippen LogP) is 2.11. The van der Waals surface area contributed by atoms with E-state index in [4.69, 9.17) is 0 Å². The SMILES string of the molecule is C=C(NCCc1nccn1C)C(C)(C)C. The summed E-state index contributed by atoms with van der Waals surface area (Å²) in [5.74, 6) is 1.10. The summed E-state index contributed by atoms with van der Waals surface area (Å²) in [5.41, 5.74) is 1.21. The third-order valence-electron chi connectivity index (χ3n) is 2.51. The van der Waals surface area contributed by atoms with Gasteiger partial charge in [-0.2, -0.15) is 0 Å². The summed E-state index contributed by atoms with van der Waals surface area (Å²) >= 11 is 0. The molecule has 1 aromatic rings. The van der Waals surface area contributed by atoms with Gasteiger partial charge in [0.05, 0.1) is 0 Å². The maximum Gasteiger partial charge on any atom is 0.110 e. The molecule has 0 spiro atoms. The number of aryl methyl sites for hydroxylation is 1. The first-order chi connectivity index (χ1) is 6.91. The Balaban J connectivity index is 2.35. The molecular formula is C12H21N3. The van der Waals surface area contributed by atoms with Crippen molar-refractivity contribution in [2.45, 2.75) is 27.2 Å². The van der Waals surface area contributed by atoms with Crippen LogP contribution in [-0.2, 0) is 13.5 Å². The summed E-state index contributed by atoms with van der Waals surface area (Å²) in [6.07, 6.45) is 4.72. The van der Waals surface area contributed by atoms with Crippen LogP contribution < -0.4 is 5.32 Å². The number of allylic oxidation sites excluding steroid dienone is 1. The van der Waals surface area contributed by atoms with Gasteiger partial charge < -0.3 is 9.88 Å². The number of imidazole rings is 1.